The van der Waals surface area contributed by atoms with Crippen LogP contribution in [0.4, 0.5) is 0 Å². The van der Waals surface area contributed by atoms with Gasteiger partial charge < -0.3 is 4.74 Å². The zero-order valence-electron chi connectivity index (χ0n) is 9.49. The van der Waals surface area contributed by atoms with E-state index in [0.717, 1.165) is 26.2 Å². The van der Waals surface area contributed by atoms with Crippen molar-refractivity contribution >= 4 is 33.1 Å². The SMILES string of the molecule is COc1cccc(Sc2ccc(S(N)(=O)=O)s2)c1. The van der Waals surface area contributed by atoms with Gasteiger partial charge in [0.15, 0.2) is 0 Å². The molecule has 0 bridgehead atoms. The number of primary sulfonamides is 1. The molecule has 18 heavy (non-hydrogen) atoms. The molecular weight excluding hydrogens is 290 g/mol. The number of sulfonamides is 1. The fourth-order valence-electron chi connectivity index (χ4n) is 1.29. The van der Waals surface area contributed by atoms with E-state index in [1.54, 1.807) is 13.2 Å². The standard InChI is InChI=1S/C11H11NO3S3/c1-15-8-3-2-4-9(7-8)16-10-5-6-11(17-10)18(12,13)14/h2-7H,1H3,(H2,12,13,14). The number of hydrogen-bond acceptors (Lipinski definition) is 5. The summed E-state index contributed by atoms with van der Waals surface area (Å²) >= 11 is 2.63. The Kier molecular flexibility index (Phi) is 3.96. The van der Waals surface area contributed by atoms with Crippen LogP contribution in [0.25, 0.3) is 0 Å². The molecular formula is C11H11NO3S3. The van der Waals surface area contributed by atoms with Crippen molar-refractivity contribution in [1.29, 1.82) is 0 Å². The molecule has 4 nitrogen and oxygen atoms in total. The third kappa shape index (κ3) is 3.26. The monoisotopic (exact) mass is 301 g/mol. The second kappa shape index (κ2) is 5.31. The molecule has 0 saturated carbocycles. The summed E-state index contributed by atoms with van der Waals surface area (Å²) in [5.41, 5.74) is 0. The number of benzene rings is 1. The fraction of sp³-hybridized carbons (Fsp3) is 0.0909. The number of nitrogens with two attached hydrogens (primary N) is 1. The van der Waals surface area contributed by atoms with Crippen LogP contribution in [0.5, 0.6) is 5.75 Å². The summed E-state index contributed by atoms with van der Waals surface area (Å²) < 4.78 is 28.5. The summed E-state index contributed by atoms with van der Waals surface area (Å²) in [6, 6.07) is 10.8. The molecule has 0 aliphatic heterocycles. The first kappa shape index (κ1) is 13.4. The molecule has 0 aliphatic rings. The summed E-state index contributed by atoms with van der Waals surface area (Å²) in [5.74, 6) is 0.767. The first-order chi connectivity index (χ1) is 8.49. The Morgan fingerprint density at radius 3 is 2.67 bits per heavy atom. The second-order valence-electron chi connectivity index (χ2n) is 3.40. The van der Waals surface area contributed by atoms with Crippen LogP contribution < -0.4 is 9.88 Å². The third-order valence-corrected chi connectivity index (χ3v) is 5.74. The summed E-state index contributed by atoms with van der Waals surface area (Å²) in [6.45, 7) is 0. The largest absolute Gasteiger partial charge is 0.497 e. The molecule has 2 rings (SSSR count). The molecule has 96 valence electrons. The van der Waals surface area contributed by atoms with E-state index in [1.165, 1.54) is 17.8 Å². The van der Waals surface area contributed by atoms with Gasteiger partial charge in [0.25, 0.3) is 0 Å². The number of rotatable bonds is 4. The van der Waals surface area contributed by atoms with E-state index >= 15 is 0 Å². The molecule has 1 heterocycles. The first-order valence-corrected chi connectivity index (χ1v) is 8.11. The van der Waals surface area contributed by atoms with E-state index in [4.69, 9.17) is 9.88 Å². The van der Waals surface area contributed by atoms with Gasteiger partial charge in [-0.3, -0.25) is 0 Å². The summed E-state index contributed by atoms with van der Waals surface area (Å²) in [4.78, 5) is 0.983. The zero-order valence-corrected chi connectivity index (χ0v) is 11.9. The maximum absolute atomic E-state index is 11.2. The Balaban J connectivity index is 2.21. The Morgan fingerprint density at radius 2 is 2.06 bits per heavy atom. The first-order valence-electron chi connectivity index (χ1n) is 4.93. The van der Waals surface area contributed by atoms with Crippen molar-refractivity contribution in [2.24, 2.45) is 5.14 Å². The maximum atomic E-state index is 11.2. The van der Waals surface area contributed by atoms with Crippen molar-refractivity contribution in [3.63, 3.8) is 0 Å². The Morgan fingerprint density at radius 1 is 1.28 bits per heavy atom. The minimum absolute atomic E-state index is 0.174. The number of thiophene rings is 1. The third-order valence-electron chi connectivity index (χ3n) is 2.10. The predicted octanol–water partition coefficient (Wildman–Crippen LogP) is 2.56. The number of methoxy groups -OCH3 is 1. The molecule has 0 aliphatic carbocycles. The average molecular weight is 301 g/mol. The van der Waals surface area contributed by atoms with Crippen molar-refractivity contribution in [3.8, 4) is 5.75 Å². The normalized spacial score (nSPS) is 11.4. The molecule has 1 aromatic heterocycles. The molecule has 7 heteroatoms. The van der Waals surface area contributed by atoms with Crippen LogP contribution in [0.2, 0.25) is 0 Å². The smallest absolute Gasteiger partial charge is 0.247 e. The molecule has 0 saturated heterocycles. The van der Waals surface area contributed by atoms with Gasteiger partial charge >= 0.3 is 0 Å². The highest BCUT2D eigenvalue weighted by Crippen LogP contribution is 2.35. The molecule has 0 atom stereocenters. The summed E-state index contributed by atoms with van der Waals surface area (Å²) in [5, 5.41) is 5.06. The van der Waals surface area contributed by atoms with Crippen LogP contribution >= 0.6 is 23.1 Å². The van der Waals surface area contributed by atoms with Gasteiger partial charge in [0.2, 0.25) is 10.0 Å². The lowest BCUT2D eigenvalue weighted by atomic mass is 10.3. The van der Waals surface area contributed by atoms with Gasteiger partial charge in [-0.15, -0.1) is 11.3 Å². The van der Waals surface area contributed by atoms with Crippen LogP contribution in [0, 0.1) is 0 Å². The highest BCUT2D eigenvalue weighted by atomic mass is 32.3. The van der Waals surface area contributed by atoms with Crippen LogP contribution in [0.3, 0.4) is 0 Å². The number of ether oxygens (including phenoxy) is 1. The maximum Gasteiger partial charge on any atom is 0.247 e. The van der Waals surface area contributed by atoms with E-state index in [2.05, 4.69) is 0 Å². The van der Waals surface area contributed by atoms with Gasteiger partial charge in [-0.05, 0) is 30.3 Å². The lowest BCUT2D eigenvalue weighted by Gasteiger charge is -2.02. The van der Waals surface area contributed by atoms with Crippen molar-refractivity contribution in [1.82, 2.24) is 0 Å². The Bertz CT molecular complexity index is 649. The van der Waals surface area contributed by atoms with Crippen molar-refractivity contribution < 1.29 is 13.2 Å². The van der Waals surface area contributed by atoms with Crippen molar-refractivity contribution in [3.05, 3.63) is 36.4 Å². The minimum atomic E-state index is -3.61. The topological polar surface area (TPSA) is 69.4 Å². The summed E-state index contributed by atoms with van der Waals surface area (Å²) in [6.07, 6.45) is 0. The minimum Gasteiger partial charge on any atom is -0.497 e. The van der Waals surface area contributed by atoms with Gasteiger partial charge in [0.05, 0.1) is 11.3 Å². The molecule has 0 radical (unpaired) electrons. The Hall–Kier alpha value is -1.02. The van der Waals surface area contributed by atoms with E-state index in [9.17, 15) is 8.42 Å². The van der Waals surface area contributed by atoms with Crippen molar-refractivity contribution in [2.75, 3.05) is 7.11 Å². The average Bonchev–Trinajstić information content (AvgIpc) is 2.77. The second-order valence-corrected chi connectivity index (χ2v) is 7.65. The van der Waals surface area contributed by atoms with Crippen LogP contribution in [0.15, 0.2) is 49.7 Å². The molecule has 0 fully saturated rings. The van der Waals surface area contributed by atoms with Crippen LogP contribution in [-0.4, -0.2) is 15.5 Å². The quantitative estimate of drug-likeness (QED) is 0.942. The molecule has 1 aromatic carbocycles. The highest BCUT2D eigenvalue weighted by molar-refractivity contribution is 8.01. The van der Waals surface area contributed by atoms with Gasteiger partial charge in [-0.25, -0.2) is 13.6 Å². The highest BCUT2D eigenvalue weighted by Gasteiger charge is 2.11. The predicted molar refractivity (Wildman–Crippen MR) is 72.8 cm³/mol. The molecule has 2 aromatic rings. The van der Waals surface area contributed by atoms with Crippen molar-refractivity contribution in [2.45, 2.75) is 13.3 Å². The van der Waals surface area contributed by atoms with Gasteiger partial charge in [-0.1, -0.05) is 17.8 Å². The molecule has 2 N–H and O–H groups in total. The number of hydrogen-bond donors (Lipinski definition) is 1. The lowest BCUT2D eigenvalue weighted by Crippen LogP contribution is -2.09. The van der Waals surface area contributed by atoms with E-state index < -0.39 is 10.0 Å². The Labute approximate surface area is 114 Å². The summed E-state index contributed by atoms with van der Waals surface area (Å²) in [7, 11) is -2.00. The van der Waals surface area contributed by atoms with E-state index in [1.807, 2.05) is 24.3 Å². The van der Waals surface area contributed by atoms with E-state index in [-0.39, 0.29) is 4.21 Å². The van der Waals surface area contributed by atoms with E-state index in [0.29, 0.717) is 0 Å². The molecule has 0 spiro atoms. The van der Waals surface area contributed by atoms with Gasteiger partial charge in [0, 0.05) is 4.90 Å². The van der Waals surface area contributed by atoms with Gasteiger partial charge in [0.1, 0.15) is 9.96 Å². The lowest BCUT2D eigenvalue weighted by molar-refractivity contribution is 0.413. The van der Waals surface area contributed by atoms with Crippen LogP contribution in [0.1, 0.15) is 0 Å². The fourth-order valence-corrected chi connectivity index (χ4v) is 4.33. The molecule has 0 amide bonds. The zero-order chi connectivity index (χ0) is 13.2. The van der Waals surface area contributed by atoms with Crippen LogP contribution in [-0.2, 0) is 10.0 Å². The van der Waals surface area contributed by atoms with Gasteiger partial charge in [-0.2, -0.15) is 0 Å². The molecule has 0 unspecified atom stereocenters.